The third-order valence-corrected chi connectivity index (χ3v) is 5.30. The molecule has 2 heterocycles. The van der Waals surface area contributed by atoms with Crippen molar-refractivity contribution in [1.29, 1.82) is 0 Å². The highest BCUT2D eigenvalue weighted by Crippen LogP contribution is 2.30. The van der Waals surface area contributed by atoms with Gasteiger partial charge < -0.3 is 4.98 Å². The van der Waals surface area contributed by atoms with E-state index in [1.165, 1.54) is 11.8 Å². The first-order valence-corrected chi connectivity index (χ1v) is 9.02. The van der Waals surface area contributed by atoms with Crippen molar-refractivity contribution in [3.63, 3.8) is 0 Å². The smallest absolute Gasteiger partial charge is 0.175 e. The summed E-state index contributed by atoms with van der Waals surface area (Å²) in [5.41, 5.74) is 2.78. The molecule has 6 heteroatoms. The molecule has 2 aromatic heterocycles. The van der Waals surface area contributed by atoms with Crippen LogP contribution in [0.1, 0.15) is 12.5 Å². The fourth-order valence-electron chi connectivity index (χ4n) is 2.15. The lowest BCUT2D eigenvalue weighted by atomic mass is 10.2. The van der Waals surface area contributed by atoms with Gasteiger partial charge in [0.15, 0.2) is 9.84 Å². The number of rotatable bonds is 3. The van der Waals surface area contributed by atoms with Crippen LogP contribution in [0.25, 0.3) is 21.7 Å². The van der Waals surface area contributed by atoms with Crippen molar-refractivity contribution in [3.8, 4) is 10.7 Å². The lowest BCUT2D eigenvalue weighted by Crippen LogP contribution is -1.96. The molecule has 4 nitrogen and oxygen atoms in total. The highest BCUT2D eigenvalue weighted by molar-refractivity contribution is 7.90. The molecule has 3 rings (SSSR count). The Balaban J connectivity index is 2.16. The first-order chi connectivity index (χ1) is 9.49. The zero-order valence-corrected chi connectivity index (χ0v) is 12.8. The number of aromatic amines is 1. The van der Waals surface area contributed by atoms with E-state index in [1.807, 2.05) is 5.38 Å². The number of fused-ring (bicyclic) bond motifs is 1. The molecule has 0 spiro atoms. The van der Waals surface area contributed by atoms with Gasteiger partial charge >= 0.3 is 0 Å². The molecule has 1 N–H and O–H groups in total. The Bertz CT molecular complexity index is 876. The van der Waals surface area contributed by atoms with E-state index in [2.05, 4.69) is 23.0 Å². The second-order valence-corrected chi connectivity index (χ2v) is 7.60. The molecule has 0 saturated heterocycles. The van der Waals surface area contributed by atoms with Crippen molar-refractivity contribution in [2.24, 2.45) is 0 Å². The van der Waals surface area contributed by atoms with Gasteiger partial charge in [-0.25, -0.2) is 13.4 Å². The minimum atomic E-state index is -3.20. The number of aryl methyl sites for hydroxylation is 1. The summed E-state index contributed by atoms with van der Waals surface area (Å²) < 4.78 is 23.2. The summed E-state index contributed by atoms with van der Waals surface area (Å²) in [4.78, 5) is 9.19. The predicted molar refractivity (Wildman–Crippen MR) is 81.9 cm³/mol. The Morgan fingerprint density at radius 2 is 2.10 bits per heavy atom. The number of nitrogens with one attached hydrogen (secondary N) is 1. The Morgan fingerprint density at radius 3 is 2.80 bits per heavy atom. The lowest BCUT2D eigenvalue weighted by Gasteiger charge is -1.96. The van der Waals surface area contributed by atoms with Gasteiger partial charge in [-0.3, -0.25) is 0 Å². The van der Waals surface area contributed by atoms with E-state index in [1.54, 1.807) is 29.5 Å². The van der Waals surface area contributed by atoms with Gasteiger partial charge in [0.25, 0.3) is 0 Å². The van der Waals surface area contributed by atoms with Crippen molar-refractivity contribution in [2.75, 3.05) is 6.26 Å². The quantitative estimate of drug-likeness (QED) is 0.808. The zero-order valence-electron chi connectivity index (χ0n) is 11.2. The number of nitrogens with zero attached hydrogens (tertiary/aromatic N) is 1. The van der Waals surface area contributed by atoms with Gasteiger partial charge in [-0.05, 0) is 41.6 Å². The average molecular weight is 306 g/mol. The predicted octanol–water partition coefficient (Wildman–Crippen LogP) is 3.26. The minimum absolute atomic E-state index is 0.307. The van der Waals surface area contributed by atoms with E-state index in [4.69, 9.17) is 0 Å². The van der Waals surface area contributed by atoms with Crippen molar-refractivity contribution in [1.82, 2.24) is 9.97 Å². The van der Waals surface area contributed by atoms with Gasteiger partial charge in [0.05, 0.1) is 20.8 Å². The molecule has 0 radical (unpaired) electrons. The first kappa shape index (κ1) is 13.3. The van der Waals surface area contributed by atoms with Gasteiger partial charge in [-0.2, -0.15) is 0 Å². The second-order valence-electron chi connectivity index (χ2n) is 4.67. The Hall–Kier alpha value is -1.66. The molecule has 0 amide bonds. The maximum Gasteiger partial charge on any atom is 0.175 e. The molecule has 3 aromatic rings. The van der Waals surface area contributed by atoms with E-state index in [-0.39, 0.29) is 0 Å². The maximum absolute atomic E-state index is 11.6. The van der Waals surface area contributed by atoms with Gasteiger partial charge in [0.2, 0.25) is 0 Å². The van der Waals surface area contributed by atoms with E-state index >= 15 is 0 Å². The summed E-state index contributed by atoms with van der Waals surface area (Å²) in [5, 5.41) is 2.04. The molecule has 0 saturated carbocycles. The highest BCUT2D eigenvalue weighted by atomic mass is 32.2. The van der Waals surface area contributed by atoms with Gasteiger partial charge in [-0.15, -0.1) is 11.3 Å². The number of H-pyrrole nitrogens is 1. The summed E-state index contributed by atoms with van der Waals surface area (Å²) in [6.45, 7) is 2.11. The number of hydrogen-bond donors (Lipinski definition) is 1. The monoisotopic (exact) mass is 306 g/mol. The molecule has 20 heavy (non-hydrogen) atoms. The number of imidazole rings is 1. The zero-order chi connectivity index (χ0) is 14.3. The summed E-state index contributed by atoms with van der Waals surface area (Å²) in [6.07, 6.45) is 2.16. The van der Waals surface area contributed by atoms with Crippen molar-refractivity contribution in [3.05, 3.63) is 35.2 Å². The molecule has 0 unspecified atom stereocenters. The Labute approximate surface area is 121 Å². The number of thiophene rings is 1. The first-order valence-electron chi connectivity index (χ1n) is 6.25. The molecule has 0 aliphatic carbocycles. The number of sulfone groups is 1. The third kappa shape index (κ3) is 2.25. The van der Waals surface area contributed by atoms with Gasteiger partial charge in [0.1, 0.15) is 5.82 Å². The van der Waals surface area contributed by atoms with E-state index in [0.29, 0.717) is 4.90 Å². The molecule has 0 fully saturated rings. The van der Waals surface area contributed by atoms with Crippen LogP contribution in [-0.4, -0.2) is 24.6 Å². The van der Waals surface area contributed by atoms with Crippen molar-refractivity contribution in [2.45, 2.75) is 18.2 Å². The summed E-state index contributed by atoms with van der Waals surface area (Å²) >= 11 is 1.64. The van der Waals surface area contributed by atoms with Crippen LogP contribution in [0.5, 0.6) is 0 Å². The van der Waals surface area contributed by atoms with E-state index in [0.717, 1.165) is 28.2 Å². The molecule has 104 valence electrons. The lowest BCUT2D eigenvalue weighted by molar-refractivity contribution is 0.602. The third-order valence-electron chi connectivity index (χ3n) is 3.22. The Kier molecular flexibility index (Phi) is 3.14. The van der Waals surface area contributed by atoms with Crippen LogP contribution < -0.4 is 0 Å². The SMILES string of the molecule is CCc1ccsc1-c1nc2ccc(S(C)(=O)=O)cc2[nH]1. The van der Waals surface area contributed by atoms with Crippen molar-refractivity contribution >= 4 is 32.2 Å². The van der Waals surface area contributed by atoms with Gasteiger partial charge in [-0.1, -0.05) is 6.92 Å². The molecular weight excluding hydrogens is 292 g/mol. The second kappa shape index (κ2) is 4.71. The maximum atomic E-state index is 11.6. The molecular formula is C14H14N2O2S2. The summed E-state index contributed by atoms with van der Waals surface area (Å²) in [5.74, 6) is 0.803. The molecule has 0 bridgehead atoms. The molecule has 0 aliphatic heterocycles. The fourth-order valence-corrected chi connectivity index (χ4v) is 3.74. The van der Waals surface area contributed by atoms with Crippen LogP contribution in [0.4, 0.5) is 0 Å². The average Bonchev–Trinajstić information content (AvgIpc) is 3.02. The topological polar surface area (TPSA) is 62.8 Å². The molecule has 0 aliphatic rings. The van der Waals surface area contributed by atoms with Crippen LogP contribution in [0, 0.1) is 0 Å². The van der Waals surface area contributed by atoms with Crippen LogP contribution in [0.2, 0.25) is 0 Å². The van der Waals surface area contributed by atoms with E-state index in [9.17, 15) is 8.42 Å². The van der Waals surface area contributed by atoms with Crippen LogP contribution in [0.15, 0.2) is 34.5 Å². The molecule has 0 atom stereocenters. The number of benzene rings is 1. The standard InChI is InChI=1S/C14H14N2O2S2/c1-3-9-6-7-19-13(9)14-15-11-5-4-10(20(2,17)18)8-12(11)16-14/h4-8H,3H2,1-2H3,(H,15,16). The molecule has 1 aromatic carbocycles. The highest BCUT2D eigenvalue weighted by Gasteiger charge is 2.13. The normalized spacial score (nSPS) is 12.1. The van der Waals surface area contributed by atoms with Crippen molar-refractivity contribution < 1.29 is 8.42 Å². The van der Waals surface area contributed by atoms with Crippen LogP contribution >= 0.6 is 11.3 Å². The van der Waals surface area contributed by atoms with Crippen LogP contribution in [-0.2, 0) is 16.3 Å². The minimum Gasteiger partial charge on any atom is -0.337 e. The van der Waals surface area contributed by atoms with Crippen LogP contribution in [0.3, 0.4) is 0 Å². The van der Waals surface area contributed by atoms with Gasteiger partial charge in [0, 0.05) is 6.26 Å². The van der Waals surface area contributed by atoms with E-state index < -0.39 is 9.84 Å². The number of hydrogen-bond acceptors (Lipinski definition) is 4. The Morgan fingerprint density at radius 1 is 1.30 bits per heavy atom. The number of aromatic nitrogens is 2. The fraction of sp³-hybridized carbons (Fsp3) is 0.214. The largest absolute Gasteiger partial charge is 0.337 e. The summed E-state index contributed by atoms with van der Waals surface area (Å²) in [6, 6.07) is 7.07. The summed E-state index contributed by atoms with van der Waals surface area (Å²) in [7, 11) is -3.20.